The first-order valence-electron chi connectivity index (χ1n) is 11.4. The van der Waals surface area contributed by atoms with Gasteiger partial charge in [-0.3, -0.25) is 9.10 Å². The van der Waals surface area contributed by atoms with Crippen molar-refractivity contribution >= 4 is 51.0 Å². The van der Waals surface area contributed by atoms with E-state index in [0.29, 0.717) is 10.0 Å². The van der Waals surface area contributed by atoms with E-state index < -0.39 is 22.5 Å². The average molecular weight is 573 g/mol. The van der Waals surface area contributed by atoms with Gasteiger partial charge in [-0.25, -0.2) is 18.2 Å². The lowest BCUT2D eigenvalue weighted by atomic mass is 10.2. The van der Waals surface area contributed by atoms with Crippen LogP contribution in [0.25, 0.3) is 5.69 Å². The van der Waals surface area contributed by atoms with Gasteiger partial charge in [0.25, 0.3) is 15.9 Å². The fourth-order valence-electron chi connectivity index (χ4n) is 3.93. The molecule has 7 nitrogen and oxygen atoms in total. The molecule has 0 aliphatic rings. The molecule has 0 saturated heterocycles. The number of aryl methyl sites for hydroxylation is 1. The van der Waals surface area contributed by atoms with Gasteiger partial charge in [0.1, 0.15) is 12.4 Å². The third kappa shape index (κ3) is 6.07. The summed E-state index contributed by atoms with van der Waals surface area (Å²) in [7, 11) is -4.13. The van der Waals surface area contributed by atoms with Crippen LogP contribution in [0.15, 0.2) is 88.9 Å². The van der Waals surface area contributed by atoms with E-state index in [4.69, 9.17) is 23.2 Å². The number of carbonyl (C=O) groups is 1. The van der Waals surface area contributed by atoms with Crippen molar-refractivity contribution in [3.05, 3.63) is 112 Å². The molecule has 0 aliphatic heterocycles. The monoisotopic (exact) mass is 572 g/mol. The highest BCUT2D eigenvalue weighted by atomic mass is 35.5. The third-order valence-corrected chi connectivity index (χ3v) is 8.01. The van der Waals surface area contributed by atoms with Gasteiger partial charge in [-0.05, 0) is 86.6 Å². The number of carbonyl (C=O) groups excluding carboxylic acids is 1. The van der Waals surface area contributed by atoms with E-state index in [2.05, 4.69) is 10.5 Å². The Morgan fingerprint density at radius 1 is 1.00 bits per heavy atom. The summed E-state index contributed by atoms with van der Waals surface area (Å²) in [5, 5.41) is 4.72. The van der Waals surface area contributed by atoms with Crippen molar-refractivity contribution in [2.75, 3.05) is 10.8 Å². The normalized spacial score (nSPS) is 11.6. The van der Waals surface area contributed by atoms with Crippen molar-refractivity contribution in [2.24, 2.45) is 5.10 Å². The molecule has 0 aliphatic carbocycles. The molecule has 0 fully saturated rings. The van der Waals surface area contributed by atoms with E-state index in [1.807, 2.05) is 24.5 Å². The number of rotatable bonds is 8. The predicted molar refractivity (Wildman–Crippen MR) is 148 cm³/mol. The summed E-state index contributed by atoms with van der Waals surface area (Å²) >= 11 is 12.0. The van der Waals surface area contributed by atoms with Crippen molar-refractivity contribution in [1.82, 2.24) is 9.99 Å². The molecule has 11 heteroatoms. The number of nitrogens with zero attached hydrogens (tertiary/aromatic N) is 3. The van der Waals surface area contributed by atoms with Gasteiger partial charge >= 0.3 is 0 Å². The summed E-state index contributed by atoms with van der Waals surface area (Å²) in [5.74, 6) is -0.989. The Kier molecular flexibility index (Phi) is 8.20. The molecule has 4 aromatic rings. The van der Waals surface area contributed by atoms with Gasteiger partial charge < -0.3 is 4.57 Å². The standard InChI is InChI=1S/C27H23Cl2FN4O3S/c1-18-14-20(19(2)34(18)24-10-8-23(30)9-11-24)16-31-32-27(35)17-33(25-5-3-4-22(29)15-25)38(36,37)26-12-6-21(28)7-13-26/h3-16H,17H2,1-2H3,(H,32,35)/b31-16-. The van der Waals surface area contributed by atoms with Gasteiger partial charge in [-0.1, -0.05) is 29.3 Å². The zero-order valence-corrected chi connectivity index (χ0v) is 22.7. The molecule has 0 radical (unpaired) electrons. The van der Waals surface area contributed by atoms with Gasteiger partial charge in [0.05, 0.1) is 16.8 Å². The smallest absolute Gasteiger partial charge is 0.264 e. The minimum Gasteiger partial charge on any atom is -0.318 e. The van der Waals surface area contributed by atoms with E-state index in [1.54, 1.807) is 30.3 Å². The van der Waals surface area contributed by atoms with E-state index >= 15 is 0 Å². The number of hydrogen-bond acceptors (Lipinski definition) is 4. The highest BCUT2D eigenvalue weighted by molar-refractivity contribution is 7.92. The van der Waals surface area contributed by atoms with Crippen molar-refractivity contribution in [3.8, 4) is 5.69 Å². The molecule has 4 rings (SSSR count). The average Bonchev–Trinajstić information content (AvgIpc) is 3.16. The molecule has 0 spiro atoms. The zero-order valence-electron chi connectivity index (χ0n) is 20.4. The molecule has 3 aromatic carbocycles. The minimum atomic E-state index is -4.13. The second kappa shape index (κ2) is 11.4. The lowest BCUT2D eigenvalue weighted by molar-refractivity contribution is -0.119. The number of hydrogen-bond donors (Lipinski definition) is 1. The number of nitrogens with one attached hydrogen (secondary N) is 1. The Hall–Kier alpha value is -3.66. The summed E-state index contributed by atoms with van der Waals surface area (Å²) in [6.07, 6.45) is 1.47. The van der Waals surface area contributed by atoms with Gasteiger partial charge in [-0.2, -0.15) is 5.10 Å². The molecule has 0 bridgehead atoms. The Bertz CT molecular complexity index is 1600. The highest BCUT2D eigenvalue weighted by Crippen LogP contribution is 2.27. The number of anilines is 1. The molecule has 196 valence electrons. The van der Waals surface area contributed by atoms with Crippen LogP contribution >= 0.6 is 23.2 Å². The molecule has 38 heavy (non-hydrogen) atoms. The van der Waals surface area contributed by atoms with Crippen LogP contribution in [0.3, 0.4) is 0 Å². The summed E-state index contributed by atoms with van der Waals surface area (Å²) < 4.78 is 43.1. The maximum atomic E-state index is 13.4. The predicted octanol–water partition coefficient (Wildman–Crippen LogP) is 5.89. The Morgan fingerprint density at radius 2 is 1.68 bits per heavy atom. The molecule has 1 amide bonds. The zero-order chi connectivity index (χ0) is 27.4. The third-order valence-electron chi connectivity index (χ3n) is 5.73. The van der Waals surface area contributed by atoms with Gasteiger partial charge in [0.2, 0.25) is 0 Å². The van der Waals surface area contributed by atoms with Crippen LogP contribution in [0.4, 0.5) is 10.1 Å². The van der Waals surface area contributed by atoms with Crippen LogP contribution in [-0.4, -0.2) is 31.7 Å². The van der Waals surface area contributed by atoms with Crippen molar-refractivity contribution in [2.45, 2.75) is 18.7 Å². The molecular weight excluding hydrogens is 550 g/mol. The first kappa shape index (κ1) is 27.4. The summed E-state index contributed by atoms with van der Waals surface area (Å²) in [6, 6.07) is 19.8. The lowest BCUT2D eigenvalue weighted by Gasteiger charge is -2.23. The van der Waals surface area contributed by atoms with Crippen LogP contribution in [0.1, 0.15) is 17.0 Å². The van der Waals surface area contributed by atoms with Gasteiger partial charge in [-0.15, -0.1) is 0 Å². The van der Waals surface area contributed by atoms with Gasteiger partial charge in [0.15, 0.2) is 0 Å². The maximum absolute atomic E-state index is 13.4. The molecule has 1 N–H and O–H groups in total. The topological polar surface area (TPSA) is 83.8 Å². The minimum absolute atomic E-state index is 0.0357. The summed E-state index contributed by atoms with van der Waals surface area (Å²) in [5.41, 5.74) is 5.85. The maximum Gasteiger partial charge on any atom is 0.264 e. The van der Waals surface area contributed by atoms with Crippen LogP contribution in [0, 0.1) is 19.7 Å². The number of aromatic nitrogens is 1. The second-order valence-corrected chi connectivity index (χ2v) is 11.1. The molecule has 0 atom stereocenters. The number of halogens is 3. The van der Waals surface area contributed by atoms with Crippen molar-refractivity contribution in [3.63, 3.8) is 0 Å². The molecule has 1 heterocycles. The van der Waals surface area contributed by atoms with Crippen LogP contribution in [-0.2, 0) is 14.8 Å². The molecular formula is C27H23Cl2FN4O3S. The van der Waals surface area contributed by atoms with E-state index in [9.17, 15) is 17.6 Å². The molecule has 0 saturated carbocycles. The second-order valence-electron chi connectivity index (χ2n) is 8.38. The lowest BCUT2D eigenvalue weighted by Crippen LogP contribution is -2.39. The van der Waals surface area contributed by atoms with E-state index in [-0.39, 0.29) is 16.4 Å². The van der Waals surface area contributed by atoms with E-state index in [1.165, 1.54) is 48.7 Å². The van der Waals surface area contributed by atoms with Gasteiger partial charge in [0, 0.05) is 32.7 Å². The van der Waals surface area contributed by atoms with Crippen LogP contribution < -0.4 is 9.73 Å². The summed E-state index contributed by atoms with van der Waals surface area (Å²) in [6.45, 7) is 3.23. The first-order valence-corrected chi connectivity index (χ1v) is 13.6. The number of benzene rings is 3. The largest absolute Gasteiger partial charge is 0.318 e. The Labute approximate surface area is 230 Å². The fraction of sp³-hybridized carbons (Fsp3) is 0.111. The first-order chi connectivity index (χ1) is 18.1. The highest BCUT2D eigenvalue weighted by Gasteiger charge is 2.27. The molecule has 1 aromatic heterocycles. The number of hydrazone groups is 1. The quantitative estimate of drug-likeness (QED) is 0.211. The molecule has 0 unspecified atom stereocenters. The number of amides is 1. The van der Waals surface area contributed by atoms with Crippen LogP contribution in [0.5, 0.6) is 0 Å². The van der Waals surface area contributed by atoms with E-state index in [0.717, 1.165) is 26.9 Å². The Balaban J connectivity index is 1.55. The number of sulfonamides is 1. The summed E-state index contributed by atoms with van der Waals surface area (Å²) in [4.78, 5) is 12.8. The van der Waals surface area contributed by atoms with Crippen molar-refractivity contribution < 1.29 is 17.6 Å². The van der Waals surface area contributed by atoms with Crippen molar-refractivity contribution in [1.29, 1.82) is 0 Å². The SMILES string of the molecule is Cc1cc(/C=N\NC(=O)CN(c2cccc(Cl)c2)S(=O)(=O)c2ccc(Cl)cc2)c(C)n1-c1ccc(F)cc1. The van der Waals surface area contributed by atoms with Crippen LogP contribution in [0.2, 0.25) is 10.0 Å². The Morgan fingerprint density at radius 3 is 2.34 bits per heavy atom. The fourth-order valence-corrected chi connectivity index (χ4v) is 5.65.